The summed E-state index contributed by atoms with van der Waals surface area (Å²) >= 11 is 0. The van der Waals surface area contributed by atoms with Gasteiger partial charge in [0, 0.05) is 24.3 Å². The van der Waals surface area contributed by atoms with E-state index in [1.807, 2.05) is 0 Å². The summed E-state index contributed by atoms with van der Waals surface area (Å²) in [4.78, 5) is 4.57. The molecule has 1 aliphatic rings. The maximum atomic E-state index is 3.53. The molecule has 2 heteroatoms. The van der Waals surface area contributed by atoms with Gasteiger partial charge >= 0.3 is 0 Å². The number of hydrogen-bond acceptors (Lipinski definition) is 2. The summed E-state index contributed by atoms with van der Waals surface area (Å²) in [5.41, 5.74) is 2.98. The first-order valence-electron chi connectivity index (χ1n) is 7.10. The summed E-state index contributed by atoms with van der Waals surface area (Å²) in [7, 11) is 0. The maximum absolute atomic E-state index is 3.53. The maximum Gasteiger partial charge on any atom is 0.178 e. The molecule has 0 saturated carbocycles. The number of hydrogen-bond donors (Lipinski definition) is 0. The molecule has 2 radical (unpaired) electrons. The van der Waals surface area contributed by atoms with Crippen molar-refractivity contribution in [3.63, 3.8) is 0 Å². The van der Waals surface area contributed by atoms with Crippen molar-refractivity contribution < 1.29 is 0 Å². The fraction of sp³-hybridized carbons (Fsp3) is 0.588. The highest BCUT2D eigenvalue weighted by Gasteiger charge is 2.32. The SMILES string of the molecule is CC(C)(C)c1ccccc1N1[C]N(C(C)(C)C)CC1. The Morgan fingerprint density at radius 2 is 1.58 bits per heavy atom. The van der Waals surface area contributed by atoms with Gasteiger partial charge in [-0.1, -0.05) is 39.0 Å². The van der Waals surface area contributed by atoms with Crippen LogP contribution < -0.4 is 4.90 Å². The van der Waals surface area contributed by atoms with Gasteiger partial charge < -0.3 is 4.90 Å². The summed E-state index contributed by atoms with van der Waals surface area (Å²) in [6, 6.07) is 8.68. The number of nitrogens with zero attached hydrogens (tertiary/aromatic N) is 2. The molecule has 2 rings (SSSR count). The molecule has 0 spiro atoms. The predicted octanol–water partition coefficient (Wildman–Crippen LogP) is 3.90. The molecule has 2 nitrogen and oxygen atoms in total. The third kappa shape index (κ3) is 3.11. The van der Waals surface area contributed by atoms with E-state index in [2.05, 4.69) is 82.3 Å². The Kier molecular flexibility index (Phi) is 3.65. The average molecular weight is 258 g/mol. The lowest BCUT2D eigenvalue weighted by molar-refractivity contribution is 0.209. The van der Waals surface area contributed by atoms with Gasteiger partial charge in [-0.3, -0.25) is 4.90 Å². The Morgan fingerprint density at radius 3 is 2.11 bits per heavy atom. The zero-order valence-corrected chi connectivity index (χ0v) is 13.1. The quantitative estimate of drug-likeness (QED) is 0.754. The van der Waals surface area contributed by atoms with E-state index >= 15 is 0 Å². The van der Waals surface area contributed by atoms with Crippen LogP contribution in [0, 0.1) is 6.67 Å². The van der Waals surface area contributed by atoms with Gasteiger partial charge in [-0.15, -0.1) is 0 Å². The molecule has 1 heterocycles. The molecule has 0 N–H and O–H groups in total. The van der Waals surface area contributed by atoms with Crippen molar-refractivity contribution in [3.8, 4) is 0 Å². The summed E-state index contributed by atoms with van der Waals surface area (Å²) in [5.74, 6) is 0. The summed E-state index contributed by atoms with van der Waals surface area (Å²) in [6.45, 7) is 19.1. The second-order valence-corrected chi connectivity index (χ2v) is 7.34. The molecule has 1 aromatic rings. The molecule has 0 aliphatic carbocycles. The molecule has 1 aromatic carbocycles. The van der Waals surface area contributed by atoms with Crippen molar-refractivity contribution in [2.75, 3.05) is 18.0 Å². The first-order valence-corrected chi connectivity index (χ1v) is 7.10. The Hall–Kier alpha value is -1.02. The van der Waals surface area contributed by atoms with Gasteiger partial charge in [-0.25, -0.2) is 0 Å². The molecule has 0 atom stereocenters. The number of anilines is 1. The molecule has 0 unspecified atom stereocenters. The van der Waals surface area contributed by atoms with Crippen molar-refractivity contribution >= 4 is 5.69 Å². The number of para-hydroxylation sites is 1. The van der Waals surface area contributed by atoms with Gasteiger partial charge in [0.15, 0.2) is 6.67 Å². The number of rotatable bonds is 1. The van der Waals surface area contributed by atoms with Crippen molar-refractivity contribution in [1.29, 1.82) is 0 Å². The molecular formula is C17H26N2. The zero-order valence-electron chi connectivity index (χ0n) is 13.1. The van der Waals surface area contributed by atoms with Crippen LogP contribution in [0.3, 0.4) is 0 Å². The van der Waals surface area contributed by atoms with Crippen LogP contribution in [0.15, 0.2) is 24.3 Å². The summed E-state index contributed by atoms with van der Waals surface area (Å²) < 4.78 is 0. The largest absolute Gasteiger partial charge is 0.345 e. The highest BCUT2D eigenvalue weighted by molar-refractivity contribution is 5.58. The van der Waals surface area contributed by atoms with Gasteiger partial charge in [-0.2, -0.15) is 0 Å². The van der Waals surface area contributed by atoms with Crippen LogP contribution in [0.5, 0.6) is 0 Å². The molecular weight excluding hydrogens is 232 g/mol. The van der Waals surface area contributed by atoms with E-state index in [0.717, 1.165) is 13.1 Å². The highest BCUT2D eigenvalue weighted by atomic mass is 15.4. The Balaban J connectivity index is 2.25. The minimum absolute atomic E-state index is 0.144. The van der Waals surface area contributed by atoms with E-state index in [9.17, 15) is 0 Å². The lowest BCUT2D eigenvalue weighted by Gasteiger charge is -2.31. The average Bonchev–Trinajstić information content (AvgIpc) is 2.76. The molecule has 19 heavy (non-hydrogen) atoms. The van der Waals surface area contributed by atoms with Gasteiger partial charge in [0.1, 0.15) is 0 Å². The Bertz CT molecular complexity index is 437. The van der Waals surface area contributed by atoms with Gasteiger partial charge in [-0.05, 0) is 37.8 Å². The van der Waals surface area contributed by atoms with Gasteiger partial charge in [0.25, 0.3) is 0 Å². The van der Waals surface area contributed by atoms with Crippen molar-refractivity contribution in [1.82, 2.24) is 4.90 Å². The minimum atomic E-state index is 0.144. The zero-order chi connectivity index (χ0) is 14.3. The second-order valence-electron chi connectivity index (χ2n) is 7.34. The second kappa shape index (κ2) is 4.82. The smallest absolute Gasteiger partial charge is 0.178 e. The monoisotopic (exact) mass is 258 g/mol. The van der Waals surface area contributed by atoms with Gasteiger partial charge in [0.2, 0.25) is 0 Å². The third-order valence-corrected chi connectivity index (χ3v) is 3.60. The third-order valence-electron chi connectivity index (χ3n) is 3.60. The topological polar surface area (TPSA) is 6.48 Å². The molecule has 1 saturated heterocycles. The first-order chi connectivity index (χ1) is 8.69. The van der Waals surface area contributed by atoms with Crippen LogP contribution >= 0.6 is 0 Å². The Morgan fingerprint density at radius 1 is 0.947 bits per heavy atom. The fourth-order valence-electron chi connectivity index (χ4n) is 2.45. The van der Waals surface area contributed by atoms with E-state index in [1.165, 1.54) is 11.3 Å². The van der Waals surface area contributed by atoms with Crippen molar-refractivity contribution in [2.45, 2.75) is 52.5 Å². The Labute approximate surface area is 118 Å². The van der Waals surface area contributed by atoms with Crippen LogP contribution in [0.2, 0.25) is 0 Å². The summed E-state index contributed by atoms with van der Waals surface area (Å²) in [5, 5.41) is 0. The van der Waals surface area contributed by atoms with Crippen LogP contribution in [0.1, 0.15) is 47.1 Å². The molecule has 1 aliphatic heterocycles. The lowest BCUT2D eigenvalue weighted by Crippen LogP contribution is -2.37. The normalized spacial score (nSPS) is 18.1. The van der Waals surface area contributed by atoms with Gasteiger partial charge in [0.05, 0.1) is 0 Å². The standard InChI is InChI=1S/C17H26N2/c1-16(2,3)14-9-7-8-10-15(14)18-11-12-19(13-18)17(4,5)6/h7-10H,11-12H2,1-6H3. The first kappa shape index (κ1) is 14.4. The van der Waals surface area contributed by atoms with E-state index in [4.69, 9.17) is 0 Å². The molecule has 1 fully saturated rings. The molecule has 0 aromatic heterocycles. The van der Waals surface area contributed by atoms with Crippen molar-refractivity contribution in [2.24, 2.45) is 0 Å². The predicted molar refractivity (Wildman–Crippen MR) is 82.2 cm³/mol. The minimum Gasteiger partial charge on any atom is -0.345 e. The van der Waals surface area contributed by atoms with Crippen molar-refractivity contribution in [3.05, 3.63) is 36.5 Å². The van der Waals surface area contributed by atoms with E-state index in [1.54, 1.807) is 0 Å². The summed E-state index contributed by atoms with van der Waals surface area (Å²) in [6.07, 6.45) is 0. The van der Waals surface area contributed by atoms with E-state index < -0.39 is 0 Å². The van der Waals surface area contributed by atoms with Crippen LogP contribution in [-0.2, 0) is 5.41 Å². The van der Waals surface area contributed by atoms with Crippen LogP contribution in [0.4, 0.5) is 5.69 Å². The molecule has 0 bridgehead atoms. The molecule has 0 amide bonds. The number of benzene rings is 1. The highest BCUT2D eigenvalue weighted by Crippen LogP contribution is 2.35. The van der Waals surface area contributed by atoms with E-state index in [0.29, 0.717) is 0 Å². The van der Waals surface area contributed by atoms with Crippen LogP contribution in [-0.4, -0.2) is 23.5 Å². The molecule has 104 valence electrons. The van der Waals surface area contributed by atoms with Crippen LogP contribution in [0.25, 0.3) is 0 Å². The fourth-order valence-corrected chi connectivity index (χ4v) is 2.45. The lowest BCUT2D eigenvalue weighted by atomic mass is 9.85. The van der Waals surface area contributed by atoms with E-state index in [-0.39, 0.29) is 11.0 Å².